The van der Waals surface area contributed by atoms with Gasteiger partial charge in [-0.15, -0.1) is 0 Å². The molecule has 1 aliphatic rings. The molecule has 0 bridgehead atoms. The molecule has 4 rings (SSSR count). The maximum Gasteiger partial charge on any atom is 0.258 e. The molecule has 3 aromatic rings. The van der Waals surface area contributed by atoms with Gasteiger partial charge in [0.25, 0.3) is 11.4 Å². The molecule has 1 aliphatic heterocycles. The lowest BCUT2D eigenvalue weighted by molar-refractivity contribution is -0.458. The summed E-state index contributed by atoms with van der Waals surface area (Å²) in [5.41, 5.74) is 2.24. The Balaban J connectivity index is 1.74. The molecule has 0 saturated carbocycles. The first-order valence-corrected chi connectivity index (χ1v) is 7.11. The van der Waals surface area contributed by atoms with Gasteiger partial charge in [0, 0.05) is 18.5 Å². The molecule has 0 atom stereocenters. The quantitative estimate of drug-likeness (QED) is 0.695. The molecule has 0 aliphatic carbocycles. The molecule has 0 unspecified atom stereocenters. The van der Waals surface area contributed by atoms with Crippen LogP contribution in [0, 0.1) is 5.82 Å². The van der Waals surface area contributed by atoms with Crippen molar-refractivity contribution in [3.63, 3.8) is 0 Å². The van der Waals surface area contributed by atoms with Crippen LogP contribution in [0.1, 0.15) is 17.1 Å². The number of hydrogen-bond donors (Lipinski definition) is 0. The van der Waals surface area contributed by atoms with Crippen LogP contribution >= 0.6 is 0 Å². The average Bonchev–Trinajstić information content (AvgIpc) is 3.08. The van der Waals surface area contributed by atoms with E-state index in [-0.39, 0.29) is 5.82 Å². The van der Waals surface area contributed by atoms with Crippen LogP contribution in [-0.2, 0) is 6.54 Å². The Morgan fingerprint density at radius 1 is 1.00 bits per heavy atom. The van der Waals surface area contributed by atoms with Gasteiger partial charge >= 0.3 is 0 Å². The average molecular weight is 307 g/mol. The second-order valence-corrected chi connectivity index (χ2v) is 5.04. The zero-order valence-electron chi connectivity index (χ0n) is 12.1. The highest BCUT2D eigenvalue weighted by atomic mass is 19.1. The van der Waals surface area contributed by atoms with E-state index in [0.717, 1.165) is 11.4 Å². The molecule has 0 fully saturated rings. The summed E-state index contributed by atoms with van der Waals surface area (Å²) in [6.07, 6.45) is 6.85. The first kappa shape index (κ1) is 13.5. The fourth-order valence-corrected chi connectivity index (χ4v) is 2.48. The standard InChI is InChI=1S/C17H12FN4O/c18-13-5-2-1-4-12(13)11-22-14(16-6-9-21-23-16)10-15(22)17-19-7-3-8-20-17/h1-10H,11H2/q+1. The molecule has 0 spiro atoms. The van der Waals surface area contributed by atoms with Crippen LogP contribution in [0.25, 0.3) is 5.70 Å². The van der Waals surface area contributed by atoms with Crippen molar-refractivity contribution in [3.05, 3.63) is 84.0 Å². The van der Waals surface area contributed by atoms with Crippen molar-refractivity contribution in [3.8, 4) is 0 Å². The second-order valence-electron chi connectivity index (χ2n) is 5.04. The molecule has 0 saturated heterocycles. The number of allylic oxidation sites excluding steroid dienone is 1. The molecule has 0 N–H and O–H groups in total. The predicted molar refractivity (Wildman–Crippen MR) is 81.0 cm³/mol. The maximum absolute atomic E-state index is 14.0. The van der Waals surface area contributed by atoms with Crippen LogP contribution in [0.5, 0.6) is 0 Å². The summed E-state index contributed by atoms with van der Waals surface area (Å²) >= 11 is 0. The third-order valence-electron chi connectivity index (χ3n) is 3.63. The third-order valence-corrected chi connectivity index (χ3v) is 3.63. The van der Waals surface area contributed by atoms with Gasteiger partial charge in [-0.2, -0.15) is 4.58 Å². The van der Waals surface area contributed by atoms with Crippen LogP contribution in [0.2, 0.25) is 0 Å². The third kappa shape index (κ3) is 2.44. The fourth-order valence-electron chi connectivity index (χ4n) is 2.48. The largest absolute Gasteiger partial charge is 0.350 e. The minimum atomic E-state index is -0.246. The van der Waals surface area contributed by atoms with Gasteiger partial charge in [0.05, 0.1) is 17.8 Å². The van der Waals surface area contributed by atoms with Gasteiger partial charge < -0.3 is 4.52 Å². The number of rotatable bonds is 4. The molecular weight excluding hydrogens is 295 g/mol. The Labute approximate surface area is 131 Å². The highest BCUT2D eigenvalue weighted by Crippen LogP contribution is 2.25. The summed E-state index contributed by atoms with van der Waals surface area (Å²) in [5.74, 6) is 0.970. The van der Waals surface area contributed by atoms with Gasteiger partial charge in [0.1, 0.15) is 5.82 Å². The van der Waals surface area contributed by atoms with Crippen LogP contribution < -0.4 is 0 Å². The molecule has 112 valence electrons. The lowest BCUT2D eigenvalue weighted by Crippen LogP contribution is -2.29. The lowest BCUT2D eigenvalue weighted by Gasteiger charge is -2.15. The molecule has 1 aromatic carbocycles. The van der Waals surface area contributed by atoms with Crippen LogP contribution in [-0.4, -0.2) is 25.4 Å². The van der Waals surface area contributed by atoms with Crippen molar-refractivity contribution in [2.45, 2.75) is 6.54 Å². The van der Waals surface area contributed by atoms with Crippen molar-refractivity contribution in [2.75, 3.05) is 0 Å². The predicted octanol–water partition coefficient (Wildman–Crippen LogP) is 2.66. The van der Waals surface area contributed by atoms with Gasteiger partial charge in [-0.25, -0.2) is 14.4 Å². The summed E-state index contributed by atoms with van der Waals surface area (Å²) in [6.45, 7) is 0.368. The SMILES string of the molecule is Fc1ccccc1C[N+]1=C(c2ccno2)C=C1c1ncccn1. The zero-order chi connectivity index (χ0) is 15.6. The molecule has 0 radical (unpaired) electrons. The number of halogens is 1. The summed E-state index contributed by atoms with van der Waals surface area (Å²) in [4.78, 5) is 8.51. The Morgan fingerprint density at radius 2 is 1.83 bits per heavy atom. The summed E-state index contributed by atoms with van der Waals surface area (Å²) < 4.78 is 21.1. The van der Waals surface area contributed by atoms with E-state index in [1.54, 1.807) is 42.9 Å². The van der Waals surface area contributed by atoms with Gasteiger partial charge in [-0.3, -0.25) is 0 Å². The van der Waals surface area contributed by atoms with Crippen molar-refractivity contribution < 1.29 is 13.5 Å². The minimum Gasteiger partial charge on any atom is -0.350 e. The Kier molecular flexibility index (Phi) is 3.27. The normalized spacial score (nSPS) is 13.7. The molecule has 23 heavy (non-hydrogen) atoms. The summed E-state index contributed by atoms with van der Waals surface area (Å²) in [5, 5.41) is 3.72. The molecule has 6 heteroatoms. The van der Waals surface area contributed by atoms with Crippen molar-refractivity contribution in [2.24, 2.45) is 0 Å². The molecular formula is C17H12FN4O+. The van der Waals surface area contributed by atoms with E-state index < -0.39 is 0 Å². The van der Waals surface area contributed by atoms with E-state index in [1.807, 2.05) is 16.7 Å². The Morgan fingerprint density at radius 3 is 2.57 bits per heavy atom. The highest BCUT2D eigenvalue weighted by Gasteiger charge is 2.36. The fraction of sp³-hybridized carbons (Fsp3) is 0.0588. The van der Waals surface area contributed by atoms with Crippen molar-refractivity contribution in [1.82, 2.24) is 15.1 Å². The van der Waals surface area contributed by atoms with E-state index in [9.17, 15) is 4.39 Å². The smallest absolute Gasteiger partial charge is 0.258 e. The van der Waals surface area contributed by atoms with Crippen molar-refractivity contribution in [1.29, 1.82) is 0 Å². The van der Waals surface area contributed by atoms with E-state index in [0.29, 0.717) is 23.7 Å². The van der Waals surface area contributed by atoms with E-state index >= 15 is 0 Å². The van der Waals surface area contributed by atoms with Gasteiger partial charge in [-0.05, 0) is 18.2 Å². The molecule has 5 nitrogen and oxygen atoms in total. The van der Waals surface area contributed by atoms with E-state index in [1.165, 1.54) is 6.07 Å². The number of benzene rings is 1. The minimum absolute atomic E-state index is 0.246. The van der Waals surface area contributed by atoms with Gasteiger partial charge in [0.2, 0.25) is 11.6 Å². The molecule has 2 aromatic heterocycles. The summed E-state index contributed by atoms with van der Waals surface area (Å²) in [7, 11) is 0. The maximum atomic E-state index is 14.0. The van der Waals surface area contributed by atoms with Gasteiger partial charge in [0.15, 0.2) is 6.54 Å². The molecule has 3 heterocycles. The van der Waals surface area contributed by atoms with E-state index in [4.69, 9.17) is 4.52 Å². The van der Waals surface area contributed by atoms with Crippen LogP contribution in [0.15, 0.2) is 65.6 Å². The Hall–Kier alpha value is -3.15. The first-order valence-electron chi connectivity index (χ1n) is 7.11. The Bertz CT molecular complexity index is 901. The van der Waals surface area contributed by atoms with Crippen LogP contribution in [0.3, 0.4) is 0 Å². The monoisotopic (exact) mass is 307 g/mol. The van der Waals surface area contributed by atoms with E-state index in [2.05, 4.69) is 15.1 Å². The number of hydrogen-bond acceptors (Lipinski definition) is 4. The second kappa shape index (κ2) is 5.57. The highest BCUT2D eigenvalue weighted by molar-refractivity contribution is 6.11. The number of nitrogens with zero attached hydrogens (tertiary/aromatic N) is 4. The van der Waals surface area contributed by atoms with Crippen LogP contribution in [0.4, 0.5) is 4.39 Å². The summed E-state index contributed by atoms with van der Waals surface area (Å²) in [6, 6.07) is 10.2. The molecule has 0 amide bonds. The lowest BCUT2D eigenvalue weighted by atomic mass is 10.1. The zero-order valence-corrected chi connectivity index (χ0v) is 12.1. The first-order chi connectivity index (χ1) is 11.3. The topological polar surface area (TPSA) is 54.8 Å². The van der Waals surface area contributed by atoms with Crippen molar-refractivity contribution >= 4 is 11.4 Å². The number of aromatic nitrogens is 3. The van der Waals surface area contributed by atoms with Gasteiger partial charge in [-0.1, -0.05) is 17.3 Å².